The molecule has 2 fully saturated rings. The summed E-state index contributed by atoms with van der Waals surface area (Å²) in [6.45, 7) is 3.90. The first-order valence-corrected chi connectivity index (χ1v) is 8.19. The number of hydrogen-bond donors (Lipinski definition) is 1. The first-order valence-electron chi connectivity index (χ1n) is 8.19. The van der Waals surface area contributed by atoms with Crippen LogP contribution in [0.2, 0.25) is 0 Å². The first-order chi connectivity index (χ1) is 9.67. The highest BCUT2D eigenvalue weighted by Crippen LogP contribution is 2.36. The van der Waals surface area contributed by atoms with Gasteiger partial charge in [0.25, 0.3) is 0 Å². The first kappa shape index (κ1) is 14.1. The SMILES string of the molecule is CC(O)(CN1CCC[C@H]2CCCC[C@H]21)c1ccccc1. The Kier molecular flexibility index (Phi) is 4.13. The number of likely N-dealkylation sites (tertiary alicyclic amines) is 1. The van der Waals surface area contributed by atoms with Crippen molar-refractivity contribution in [2.75, 3.05) is 13.1 Å². The van der Waals surface area contributed by atoms with Gasteiger partial charge in [0.2, 0.25) is 0 Å². The predicted octanol–water partition coefficient (Wildman–Crippen LogP) is 3.55. The van der Waals surface area contributed by atoms with E-state index in [1.165, 1.54) is 38.5 Å². The number of rotatable bonds is 3. The summed E-state index contributed by atoms with van der Waals surface area (Å²) in [5.74, 6) is 0.879. The monoisotopic (exact) mass is 273 g/mol. The van der Waals surface area contributed by atoms with E-state index in [9.17, 15) is 5.11 Å². The molecule has 1 heterocycles. The molecule has 20 heavy (non-hydrogen) atoms. The summed E-state index contributed by atoms with van der Waals surface area (Å²) in [7, 11) is 0. The minimum absolute atomic E-state index is 0.715. The molecule has 1 aliphatic heterocycles. The molecule has 0 amide bonds. The van der Waals surface area contributed by atoms with Crippen LogP contribution in [0, 0.1) is 5.92 Å². The summed E-state index contributed by atoms with van der Waals surface area (Å²) in [4.78, 5) is 2.57. The van der Waals surface area contributed by atoms with Gasteiger partial charge in [0.15, 0.2) is 0 Å². The molecule has 1 saturated heterocycles. The predicted molar refractivity (Wildman–Crippen MR) is 82.6 cm³/mol. The van der Waals surface area contributed by atoms with Crippen LogP contribution in [0.5, 0.6) is 0 Å². The third-order valence-electron chi connectivity index (χ3n) is 5.26. The summed E-state index contributed by atoms with van der Waals surface area (Å²) in [6.07, 6.45) is 8.19. The number of aliphatic hydroxyl groups is 1. The van der Waals surface area contributed by atoms with Crippen molar-refractivity contribution in [2.24, 2.45) is 5.92 Å². The lowest BCUT2D eigenvalue weighted by Gasteiger charge is -2.46. The Balaban J connectivity index is 1.72. The highest BCUT2D eigenvalue weighted by atomic mass is 16.3. The molecule has 3 atom stereocenters. The third kappa shape index (κ3) is 2.91. The number of piperidine rings is 1. The zero-order chi connectivity index (χ0) is 14.0. The second-order valence-electron chi connectivity index (χ2n) is 6.86. The van der Waals surface area contributed by atoms with Crippen LogP contribution < -0.4 is 0 Å². The van der Waals surface area contributed by atoms with E-state index in [4.69, 9.17) is 0 Å². The molecular weight excluding hydrogens is 246 g/mol. The van der Waals surface area contributed by atoms with Crippen molar-refractivity contribution in [3.63, 3.8) is 0 Å². The Morgan fingerprint density at radius 2 is 1.80 bits per heavy atom. The van der Waals surface area contributed by atoms with Gasteiger partial charge in [-0.15, -0.1) is 0 Å². The topological polar surface area (TPSA) is 23.5 Å². The van der Waals surface area contributed by atoms with Crippen LogP contribution in [0.3, 0.4) is 0 Å². The molecule has 1 aliphatic carbocycles. The normalized spacial score (nSPS) is 30.5. The summed E-state index contributed by atoms with van der Waals surface area (Å²) >= 11 is 0. The molecule has 1 N–H and O–H groups in total. The fourth-order valence-corrected chi connectivity index (χ4v) is 4.21. The van der Waals surface area contributed by atoms with Crippen LogP contribution in [0.15, 0.2) is 30.3 Å². The maximum Gasteiger partial charge on any atom is 0.0994 e. The van der Waals surface area contributed by atoms with E-state index < -0.39 is 5.60 Å². The maximum atomic E-state index is 10.9. The molecule has 0 radical (unpaired) electrons. The molecule has 110 valence electrons. The van der Waals surface area contributed by atoms with E-state index in [1.54, 1.807) is 0 Å². The molecule has 1 aromatic carbocycles. The van der Waals surface area contributed by atoms with Crippen LogP contribution in [0.1, 0.15) is 51.0 Å². The van der Waals surface area contributed by atoms with E-state index in [2.05, 4.69) is 4.90 Å². The Hall–Kier alpha value is -0.860. The average molecular weight is 273 g/mol. The van der Waals surface area contributed by atoms with Gasteiger partial charge in [-0.05, 0) is 50.6 Å². The maximum absolute atomic E-state index is 10.9. The third-order valence-corrected chi connectivity index (χ3v) is 5.26. The fraction of sp³-hybridized carbons (Fsp3) is 0.667. The lowest BCUT2D eigenvalue weighted by atomic mass is 9.77. The van der Waals surface area contributed by atoms with E-state index in [-0.39, 0.29) is 0 Å². The van der Waals surface area contributed by atoms with Crippen molar-refractivity contribution < 1.29 is 5.11 Å². The summed E-state index contributed by atoms with van der Waals surface area (Å²) < 4.78 is 0. The van der Waals surface area contributed by atoms with Crippen molar-refractivity contribution in [2.45, 2.75) is 57.1 Å². The molecule has 2 nitrogen and oxygen atoms in total. The average Bonchev–Trinajstić information content (AvgIpc) is 2.48. The minimum Gasteiger partial charge on any atom is -0.384 e. The fourth-order valence-electron chi connectivity index (χ4n) is 4.21. The van der Waals surface area contributed by atoms with Gasteiger partial charge in [-0.2, -0.15) is 0 Å². The van der Waals surface area contributed by atoms with E-state index in [0.717, 1.165) is 24.6 Å². The molecule has 1 aromatic rings. The summed E-state index contributed by atoms with van der Waals surface area (Å²) in [5.41, 5.74) is 0.304. The van der Waals surface area contributed by atoms with Gasteiger partial charge in [-0.3, -0.25) is 4.90 Å². The molecule has 0 bridgehead atoms. The Morgan fingerprint density at radius 1 is 1.10 bits per heavy atom. The number of benzene rings is 1. The lowest BCUT2D eigenvalue weighted by molar-refractivity contribution is -0.0301. The van der Waals surface area contributed by atoms with E-state index >= 15 is 0 Å². The molecule has 2 aliphatic rings. The van der Waals surface area contributed by atoms with Crippen molar-refractivity contribution in [3.8, 4) is 0 Å². The highest BCUT2D eigenvalue weighted by molar-refractivity contribution is 5.22. The van der Waals surface area contributed by atoms with Crippen LogP contribution in [0.25, 0.3) is 0 Å². The molecule has 1 unspecified atom stereocenters. The Morgan fingerprint density at radius 3 is 2.60 bits per heavy atom. The van der Waals surface area contributed by atoms with E-state index in [1.807, 2.05) is 37.3 Å². The second kappa shape index (κ2) is 5.87. The number of β-amino-alcohol motifs (C(OH)–C–C–N with tert-alkyl or cyclic N) is 1. The zero-order valence-electron chi connectivity index (χ0n) is 12.6. The van der Waals surface area contributed by atoms with Crippen molar-refractivity contribution in [3.05, 3.63) is 35.9 Å². The van der Waals surface area contributed by atoms with Gasteiger partial charge in [0.1, 0.15) is 0 Å². The van der Waals surface area contributed by atoms with Gasteiger partial charge in [-0.25, -0.2) is 0 Å². The molecule has 0 spiro atoms. The molecule has 2 heteroatoms. The quantitative estimate of drug-likeness (QED) is 0.910. The van der Waals surface area contributed by atoms with Gasteiger partial charge < -0.3 is 5.11 Å². The smallest absolute Gasteiger partial charge is 0.0994 e. The second-order valence-corrected chi connectivity index (χ2v) is 6.86. The minimum atomic E-state index is -0.736. The van der Waals surface area contributed by atoms with Crippen LogP contribution >= 0.6 is 0 Å². The number of hydrogen-bond acceptors (Lipinski definition) is 2. The highest BCUT2D eigenvalue weighted by Gasteiger charge is 2.36. The van der Waals surface area contributed by atoms with Crippen molar-refractivity contribution >= 4 is 0 Å². The molecule has 1 saturated carbocycles. The number of fused-ring (bicyclic) bond motifs is 1. The van der Waals surface area contributed by atoms with Crippen molar-refractivity contribution in [1.82, 2.24) is 4.90 Å². The van der Waals surface area contributed by atoms with Gasteiger partial charge >= 0.3 is 0 Å². The van der Waals surface area contributed by atoms with E-state index in [0.29, 0.717) is 6.04 Å². The molecule has 0 aromatic heterocycles. The zero-order valence-corrected chi connectivity index (χ0v) is 12.6. The Labute approximate surface area is 122 Å². The van der Waals surface area contributed by atoms with Crippen LogP contribution in [-0.4, -0.2) is 29.1 Å². The summed E-state index contributed by atoms with van der Waals surface area (Å²) in [5, 5.41) is 10.9. The summed E-state index contributed by atoms with van der Waals surface area (Å²) in [6, 6.07) is 10.8. The van der Waals surface area contributed by atoms with Gasteiger partial charge in [0.05, 0.1) is 5.60 Å². The van der Waals surface area contributed by atoms with Crippen molar-refractivity contribution in [1.29, 1.82) is 0 Å². The molecule has 3 rings (SSSR count). The largest absolute Gasteiger partial charge is 0.384 e. The van der Waals surface area contributed by atoms with Gasteiger partial charge in [-0.1, -0.05) is 43.2 Å². The van der Waals surface area contributed by atoms with Crippen LogP contribution in [-0.2, 0) is 5.60 Å². The molecular formula is C18H27NO. The number of nitrogens with zero attached hydrogens (tertiary/aromatic N) is 1. The lowest BCUT2D eigenvalue weighted by Crippen LogP contribution is -2.51. The van der Waals surface area contributed by atoms with Gasteiger partial charge in [0, 0.05) is 12.6 Å². The van der Waals surface area contributed by atoms with Crippen LogP contribution in [0.4, 0.5) is 0 Å². The standard InChI is InChI=1S/C18H27NO/c1-18(20,16-10-3-2-4-11-16)14-19-13-7-9-15-8-5-6-12-17(15)19/h2-4,10-11,15,17,20H,5-9,12-14H2,1H3/t15-,17-,18?/m1/s1. The Bertz CT molecular complexity index is 426.